The third-order valence-electron chi connectivity index (χ3n) is 5.32. The SMILES string of the molecule is Cn1cc(Br)cc1C(=O)NNC(=O)c1ccc2c(=O)n3c(nc2c1)CCCCCC3. The molecular weight excluding hydrogens is 450 g/mol. The van der Waals surface area contributed by atoms with E-state index in [2.05, 4.69) is 31.8 Å². The minimum Gasteiger partial charge on any atom is -0.345 e. The Labute approximate surface area is 181 Å². The fourth-order valence-corrected chi connectivity index (χ4v) is 4.26. The van der Waals surface area contributed by atoms with Gasteiger partial charge < -0.3 is 4.57 Å². The van der Waals surface area contributed by atoms with E-state index in [0.717, 1.165) is 42.4 Å². The van der Waals surface area contributed by atoms with Crippen LogP contribution in [-0.4, -0.2) is 25.9 Å². The molecular formula is C21H22BrN5O3. The fourth-order valence-electron chi connectivity index (χ4n) is 3.74. The molecule has 9 heteroatoms. The Bertz CT molecular complexity index is 1200. The van der Waals surface area contributed by atoms with Crippen molar-refractivity contribution < 1.29 is 9.59 Å². The van der Waals surface area contributed by atoms with Gasteiger partial charge in [0.05, 0.1) is 10.9 Å². The van der Waals surface area contributed by atoms with Crippen LogP contribution in [0.1, 0.15) is 52.4 Å². The molecule has 1 aromatic carbocycles. The number of hydrogen-bond donors (Lipinski definition) is 2. The number of nitrogens with one attached hydrogen (secondary N) is 2. The summed E-state index contributed by atoms with van der Waals surface area (Å²) < 4.78 is 4.18. The summed E-state index contributed by atoms with van der Waals surface area (Å²) in [7, 11) is 1.74. The van der Waals surface area contributed by atoms with Gasteiger partial charge in [0.2, 0.25) is 0 Å². The normalized spacial score (nSPS) is 13.9. The number of rotatable bonds is 2. The molecule has 3 aromatic rings. The first-order chi connectivity index (χ1) is 14.4. The largest absolute Gasteiger partial charge is 0.345 e. The number of halogens is 1. The Morgan fingerprint density at radius 2 is 1.83 bits per heavy atom. The van der Waals surface area contributed by atoms with Crippen molar-refractivity contribution in [2.24, 2.45) is 7.05 Å². The van der Waals surface area contributed by atoms with Gasteiger partial charge in [-0.05, 0) is 53.0 Å². The van der Waals surface area contributed by atoms with Gasteiger partial charge in [-0.2, -0.15) is 0 Å². The molecule has 0 aliphatic carbocycles. The first-order valence-corrected chi connectivity index (χ1v) is 10.7. The molecule has 2 N–H and O–H groups in total. The number of amides is 2. The quantitative estimate of drug-likeness (QED) is 0.561. The van der Waals surface area contributed by atoms with Gasteiger partial charge in [0, 0.05) is 36.2 Å². The summed E-state index contributed by atoms with van der Waals surface area (Å²) in [6, 6.07) is 6.45. The van der Waals surface area contributed by atoms with Gasteiger partial charge in [-0.3, -0.25) is 29.8 Å². The van der Waals surface area contributed by atoms with Crippen LogP contribution >= 0.6 is 15.9 Å². The summed E-state index contributed by atoms with van der Waals surface area (Å²) in [4.78, 5) is 42.4. The van der Waals surface area contributed by atoms with Gasteiger partial charge in [-0.15, -0.1) is 0 Å². The predicted octanol–water partition coefficient (Wildman–Crippen LogP) is 2.69. The molecule has 4 rings (SSSR count). The van der Waals surface area contributed by atoms with E-state index in [4.69, 9.17) is 0 Å². The maximum atomic E-state index is 12.9. The van der Waals surface area contributed by atoms with Crippen molar-refractivity contribution in [2.75, 3.05) is 0 Å². The van der Waals surface area contributed by atoms with Gasteiger partial charge in [0.25, 0.3) is 17.4 Å². The molecule has 8 nitrogen and oxygen atoms in total. The van der Waals surface area contributed by atoms with E-state index in [9.17, 15) is 14.4 Å². The van der Waals surface area contributed by atoms with Crippen molar-refractivity contribution in [2.45, 2.75) is 38.6 Å². The van der Waals surface area contributed by atoms with E-state index in [1.54, 1.807) is 46.6 Å². The molecule has 1 aliphatic heterocycles. The van der Waals surface area contributed by atoms with Crippen LogP contribution in [0.5, 0.6) is 0 Å². The zero-order valence-corrected chi connectivity index (χ0v) is 18.2. The Balaban J connectivity index is 1.56. The first kappa shape index (κ1) is 20.3. The number of hydrogen-bond acceptors (Lipinski definition) is 4. The molecule has 0 spiro atoms. The number of aromatic nitrogens is 3. The van der Waals surface area contributed by atoms with Crippen LogP contribution < -0.4 is 16.4 Å². The summed E-state index contributed by atoms with van der Waals surface area (Å²) in [6.07, 6.45) is 6.72. The zero-order chi connectivity index (χ0) is 21.3. The second kappa shape index (κ2) is 8.43. The number of nitrogens with zero attached hydrogens (tertiary/aromatic N) is 3. The fraction of sp³-hybridized carbons (Fsp3) is 0.333. The Hall–Kier alpha value is -2.94. The van der Waals surface area contributed by atoms with Crippen molar-refractivity contribution in [1.29, 1.82) is 0 Å². The van der Waals surface area contributed by atoms with Crippen LogP contribution in [0.4, 0.5) is 0 Å². The highest BCUT2D eigenvalue weighted by atomic mass is 79.9. The molecule has 2 amide bonds. The lowest BCUT2D eigenvalue weighted by Crippen LogP contribution is -2.42. The molecule has 0 atom stereocenters. The highest BCUT2D eigenvalue weighted by molar-refractivity contribution is 9.10. The third-order valence-corrected chi connectivity index (χ3v) is 5.76. The number of benzene rings is 1. The minimum absolute atomic E-state index is 0.0635. The van der Waals surface area contributed by atoms with E-state index in [0.29, 0.717) is 28.7 Å². The molecule has 0 unspecified atom stereocenters. The summed E-state index contributed by atoms with van der Waals surface area (Å²) in [6.45, 7) is 0.681. The number of carbonyl (C=O) groups excluding carboxylic acids is 2. The Kier molecular flexibility index (Phi) is 5.72. The average Bonchev–Trinajstić information content (AvgIpc) is 3.05. The highest BCUT2D eigenvalue weighted by Crippen LogP contribution is 2.17. The number of carbonyl (C=O) groups is 2. The molecule has 0 bridgehead atoms. The van der Waals surface area contributed by atoms with E-state index in [1.165, 1.54) is 0 Å². The maximum Gasteiger partial charge on any atom is 0.286 e. The summed E-state index contributed by atoms with van der Waals surface area (Å²) in [5, 5.41) is 0.494. The lowest BCUT2D eigenvalue weighted by molar-refractivity contribution is 0.0842. The molecule has 3 heterocycles. The van der Waals surface area contributed by atoms with Gasteiger partial charge in [-0.25, -0.2) is 4.98 Å². The smallest absolute Gasteiger partial charge is 0.286 e. The molecule has 2 aromatic heterocycles. The number of fused-ring (bicyclic) bond motifs is 2. The summed E-state index contributed by atoms with van der Waals surface area (Å²) in [5.74, 6) is -0.144. The minimum atomic E-state index is -0.479. The summed E-state index contributed by atoms with van der Waals surface area (Å²) >= 11 is 3.31. The van der Waals surface area contributed by atoms with Crippen LogP contribution in [-0.2, 0) is 20.0 Å². The Morgan fingerprint density at radius 3 is 2.60 bits per heavy atom. The molecule has 0 fully saturated rings. The third kappa shape index (κ3) is 4.02. The zero-order valence-electron chi connectivity index (χ0n) is 16.6. The molecule has 1 aliphatic rings. The first-order valence-electron chi connectivity index (χ1n) is 9.90. The summed E-state index contributed by atoms with van der Waals surface area (Å²) in [5.41, 5.74) is 5.97. The monoisotopic (exact) mass is 471 g/mol. The van der Waals surface area contributed by atoms with Gasteiger partial charge in [0.1, 0.15) is 11.5 Å². The van der Waals surface area contributed by atoms with Crippen LogP contribution in [0.2, 0.25) is 0 Å². The van der Waals surface area contributed by atoms with Crippen LogP contribution in [0, 0.1) is 0 Å². The lowest BCUT2D eigenvalue weighted by atomic mass is 10.1. The van der Waals surface area contributed by atoms with Crippen molar-refractivity contribution in [1.82, 2.24) is 25.0 Å². The standard InChI is InChI=1S/C21H22BrN5O3/c1-26-12-14(22)11-17(26)20(29)25-24-19(28)13-7-8-15-16(10-13)23-18-6-4-2-3-5-9-27(18)21(15)30/h7-8,10-12H,2-6,9H2,1H3,(H,24,28)(H,25,29). The van der Waals surface area contributed by atoms with E-state index < -0.39 is 11.8 Å². The molecule has 30 heavy (non-hydrogen) atoms. The van der Waals surface area contributed by atoms with E-state index >= 15 is 0 Å². The highest BCUT2D eigenvalue weighted by Gasteiger charge is 2.16. The van der Waals surface area contributed by atoms with E-state index in [1.807, 2.05) is 0 Å². The maximum absolute atomic E-state index is 12.9. The van der Waals surface area contributed by atoms with Gasteiger partial charge in [-0.1, -0.05) is 12.8 Å². The van der Waals surface area contributed by atoms with Gasteiger partial charge in [0.15, 0.2) is 0 Å². The van der Waals surface area contributed by atoms with Gasteiger partial charge >= 0.3 is 0 Å². The van der Waals surface area contributed by atoms with Crippen molar-refractivity contribution in [3.05, 3.63) is 62.4 Å². The predicted molar refractivity (Wildman–Crippen MR) is 116 cm³/mol. The number of aryl methyl sites for hydroxylation is 2. The van der Waals surface area contributed by atoms with Crippen LogP contribution in [0.15, 0.2) is 39.7 Å². The second-order valence-corrected chi connectivity index (χ2v) is 8.36. The van der Waals surface area contributed by atoms with Crippen molar-refractivity contribution in [3.63, 3.8) is 0 Å². The average molecular weight is 472 g/mol. The Morgan fingerprint density at radius 1 is 1.07 bits per heavy atom. The molecule has 0 saturated heterocycles. The van der Waals surface area contributed by atoms with Crippen molar-refractivity contribution >= 4 is 38.6 Å². The van der Waals surface area contributed by atoms with Crippen LogP contribution in [0.3, 0.4) is 0 Å². The molecule has 0 radical (unpaired) electrons. The second-order valence-electron chi connectivity index (χ2n) is 7.44. The van der Waals surface area contributed by atoms with Crippen LogP contribution in [0.25, 0.3) is 10.9 Å². The molecule has 0 saturated carbocycles. The topological polar surface area (TPSA) is 98.0 Å². The molecule has 156 valence electrons. The van der Waals surface area contributed by atoms with E-state index in [-0.39, 0.29) is 5.56 Å². The lowest BCUT2D eigenvalue weighted by Gasteiger charge is -2.16. The van der Waals surface area contributed by atoms with Crippen molar-refractivity contribution in [3.8, 4) is 0 Å². The number of hydrazine groups is 1.